The van der Waals surface area contributed by atoms with Gasteiger partial charge in [0.15, 0.2) is 5.84 Å². The quantitative estimate of drug-likeness (QED) is 0.152. The van der Waals surface area contributed by atoms with Crippen molar-refractivity contribution in [3.05, 3.63) is 144 Å². The summed E-state index contributed by atoms with van der Waals surface area (Å²) in [7, 11) is 0. The van der Waals surface area contributed by atoms with Crippen molar-refractivity contribution < 1.29 is 0 Å². The van der Waals surface area contributed by atoms with Gasteiger partial charge in [-0.1, -0.05) is 110 Å². The molecular formula is C35H27N5. The molecule has 0 radical (unpaired) electrons. The molecule has 1 heterocycles. The molecule has 192 valence electrons. The molecule has 0 fully saturated rings. The topological polar surface area (TPSA) is 91.0 Å². The van der Waals surface area contributed by atoms with Crippen molar-refractivity contribution in [2.45, 2.75) is 0 Å². The number of aliphatic imine (C=N–C) groups is 1. The third kappa shape index (κ3) is 4.10. The van der Waals surface area contributed by atoms with E-state index in [9.17, 15) is 0 Å². The van der Waals surface area contributed by atoms with E-state index in [1.54, 1.807) is 0 Å². The average molecular weight is 518 g/mol. The Morgan fingerprint density at radius 1 is 0.725 bits per heavy atom. The fraction of sp³-hybridized carbons (Fsp3) is 0. The van der Waals surface area contributed by atoms with Gasteiger partial charge in [-0.3, -0.25) is 5.41 Å². The Labute approximate surface area is 232 Å². The van der Waals surface area contributed by atoms with Crippen LogP contribution in [0.5, 0.6) is 0 Å². The van der Waals surface area contributed by atoms with Gasteiger partial charge >= 0.3 is 0 Å². The summed E-state index contributed by atoms with van der Waals surface area (Å²) in [5, 5.41) is 19.7. The minimum Gasteiger partial charge on any atom is -0.383 e. The van der Waals surface area contributed by atoms with Crippen LogP contribution in [0.1, 0.15) is 22.4 Å². The number of nitrogens with one attached hydrogen (secondary N) is 2. The summed E-state index contributed by atoms with van der Waals surface area (Å²) in [4.78, 5) is 4.46. The first-order chi connectivity index (χ1) is 19.6. The van der Waals surface area contributed by atoms with E-state index in [0.717, 1.165) is 55.3 Å². The zero-order valence-corrected chi connectivity index (χ0v) is 21.8. The van der Waals surface area contributed by atoms with Crippen molar-refractivity contribution in [1.82, 2.24) is 4.57 Å². The summed E-state index contributed by atoms with van der Waals surface area (Å²) >= 11 is 0. The molecule has 6 rings (SSSR count). The molecule has 5 aromatic carbocycles. The van der Waals surface area contributed by atoms with Crippen molar-refractivity contribution in [2.75, 3.05) is 0 Å². The predicted octanol–water partition coefficient (Wildman–Crippen LogP) is 7.82. The Morgan fingerprint density at radius 2 is 1.38 bits per heavy atom. The zero-order valence-electron chi connectivity index (χ0n) is 21.8. The lowest BCUT2D eigenvalue weighted by Gasteiger charge is -2.17. The van der Waals surface area contributed by atoms with Crippen molar-refractivity contribution in [1.29, 1.82) is 10.8 Å². The van der Waals surface area contributed by atoms with Gasteiger partial charge in [-0.15, -0.1) is 0 Å². The summed E-state index contributed by atoms with van der Waals surface area (Å²) in [5.74, 6) is 0.408. The van der Waals surface area contributed by atoms with Crippen LogP contribution in [-0.4, -0.2) is 22.5 Å². The summed E-state index contributed by atoms with van der Waals surface area (Å²) in [6.45, 7) is 4.07. The Morgan fingerprint density at radius 3 is 2.12 bits per heavy atom. The first kappa shape index (κ1) is 24.8. The molecular weight excluding hydrogens is 490 g/mol. The number of nitrogens with two attached hydrogens (primary N) is 1. The highest BCUT2D eigenvalue weighted by molar-refractivity contribution is 6.14. The number of amidine groups is 2. The third-order valence-electron chi connectivity index (χ3n) is 7.20. The fourth-order valence-corrected chi connectivity index (χ4v) is 5.39. The van der Waals surface area contributed by atoms with Crippen LogP contribution >= 0.6 is 0 Å². The smallest absolute Gasteiger partial charge is 0.154 e. The molecule has 5 heteroatoms. The van der Waals surface area contributed by atoms with Crippen LogP contribution in [0.3, 0.4) is 0 Å². The SMILES string of the molecule is C=Cc1c(C=N)c2ccccc2n1-c1ccc(-c2ccccc2C(N)=NC(=N)c2ccccc2)c2ccccc12. The van der Waals surface area contributed by atoms with Crippen LogP contribution in [0.15, 0.2) is 127 Å². The molecule has 0 atom stereocenters. The monoisotopic (exact) mass is 517 g/mol. The molecule has 0 aliphatic carbocycles. The predicted molar refractivity (Wildman–Crippen MR) is 168 cm³/mol. The number of hydrogen-bond donors (Lipinski definition) is 3. The van der Waals surface area contributed by atoms with Crippen molar-refractivity contribution >= 4 is 45.6 Å². The highest BCUT2D eigenvalue weighted by Gasteiger charge is 2.19. The minimum atomic E-state index is 0.117. The lowest BCUT2D eigenvalue weighted by molar-refractivity contribution is 1.12. The van der Waals surface area contributed by atoms with E-state index in [1.807, 2.05) is 91.0 Å². The van der Waals surface area contributed by atoms with E-state index >= 15 is 0 Å². The van der Waals surface area contributed by atoms with Crippen molar-refractivity contribution in [3.8, 4) is 16.8 Å². The lowest BCUT2D eigenvalue weighted by Crippen LogP contribution is -2.17. The molecule has 0 spiro atoms. The summed E-state index contributed by atoms with van der Waals surface area (Å²) < 4.78 is 2.18. The number of nitrogens with zero attached hydrogens (tertiary/aromatic N) is 2. The second-order valence-electron chi connectivity index (χ2n) is 9.44. The van der Waals surface area contributed by atoms with Gasteiger partial charge in [0, 0.05) is 33.7 Å². The maximum absolute atomic E-state index is 8.47. The number of para-hydroxylation sites is 1. The van der Waals surface area contributed by atoms with Crippen LogP contribution in [-0.2, 0) is 0 Å². The van der Waals surface area contributed by atoms with Crippen LogP contribution in [0.25, 0.3) is 44.6 Å². The largest absolute Gasteiger partial charge is 0.383 e. The van der Waals surface area contributed by atoms with E-state index in [2.05, 4.69) is 46.5 Å². The van der Waals surface area contributed by atoms with Gasteiger partial charge in [-0.25, -0.2) is 4.99 Å². The Hall–Kier alpha value is -5.55. The second kappa shape index (κ2) is 10.3. The van der Waals surface area contributed by atoms with Gasteiger partial charge in [0.25, 0.3) is 0 Å². The summed E-state index contributed by atoms with van der Waals surface area (Å²) in [5.41, 5.74) is 13.7. The molecule has 40 heavy (non-hydrogen) atoms. The molecule has 5 nitrogen and oxygen atoms in total. The molecule has 0 amide bonds. The highest BCUT2D eigenvalue weighted by atomic mass is 15.0. The van der Waals surface area contributed by atoms with Gasteiger partial charge in [-0.2, -0.15) is 0 Å². The van der Waals surface area contributed by atoms with Crippen LogP contribution < -0.4 is 5.73 Å². The normalized spacial score (nSPS) is 11.6. The maximum atomic E-state index is 8.47. The van der Waals surface area contributed by atoms with Gasteiger partial charge in [-0.05, 0) is 34.7 Å². The molecule has 0 aliphatic heterocycles. The maximum Gasteiger partial charge on any atom is 0.154 e. The number of rotatable bonds is 6. The van der Waals surface area contributed by atoms with Gasteiger partial charge in [0.1, 0.15) is 5.84 Å². The molecule has 0 bridgehead atoms. The zero-order chi connectivity index (χ0) is 27.6. The van der Waals surface area contributed by atoms with Crippen LogP contribution in [0.2, 0.25) is 0 Å². The van der Waals surface area contributed by atoms with E-state index in [0.29, 0.717) is 11.4 Å². The molecule has 1 aromatic heterocycles. The molecule has 0 unspecified atom stereocenters. The van der Waals surface area contributed by atoms with E-state index in [4.69, 9.17) is 16.6 Å². The fourth-order valence-electron chi connectivity index (χ4n) is 5.39. The van der Waals surface area contributed by atoms with Crippen molar-refractivity contribution in [2.24, 2.45) is 10.7 Å². The standard InChI is InChI=1S/C35H27N5/c1-2-31-30(22-36)28-17-10-11-19-32(28)40(31)33-21-20-26(24-14-6-8-16-27(24)33)25-15-7-9-18-29(25)35(38)39-34(37)23-12-4-3-5-13-23/h2-22,36H,1H2,(H3,37,38,39). The first-order valence-electron chi connectivity index (χ1n) is 13.0. The summed E-state index contributed by atoms with van der Waals surface area (Å²) in [6, 6.07) is 37.9. The van der Waals surface area contributed by atoms with Gasteiger partial charge < -0.3 is 15.7 Å². The van der Waals surface area contributed by atoms with E-state index < -0.39 is 0 Å². The highest BCUT2D eigenvalue weighted by Crippen LogP contribution is 2.37. The Balaban J connectivity index is 1.55. The Bertz CT molecular complexity index is 1960. The number of aromatic nitrogens is 1. The first-order valence-corrected chi connectivity index (χ1v) is 13.0. The average Bonchev–Trinajstić information content (AvgIpc) is 3.34. The lowest BCUT2D eigenvalue weighted by atomic mass is 9.93. The molecule has 0 saturated carbocycles. The third-order valence-corrected chi connectivity index (χ3v) is 7.20. The van der Waals surface area contributed by atoms with Crippen LogP contribution in [0, 0.1) is 10.8 Å². The van der Waals surface area contributed by atoms with Gasteiger partial charge in [0.05, 0.1) is 16.9 Å². The molecule has 6 aromatic rings. The van der Waals surface area contributed by atoms with Crippen LogP contribution in [0.4, 0.5) is 0 Å². The van der Waals surface area contributed by atoms with E-state index in [-0.39, 0.29) is 5.84 Å². The summed E-state index contributed by atoms with van der Waals surface area (Å²) in [6.07, 6.45) is 3.22. The van der Waals surface area contributed by atoms with Gasteiger partial charge in [0.2, 0.25) is 0 Å². The molecule has 0 saturated heterocycles. The Kier molecular flexibility index (Phi) is 6.38. The number of benzene rings is 5. The molecule has 0 aliphatic rings. The minimum absolute atomic E-state index is 0.117. The second-order valence-corrected chi connectivity index (χ2v) is 9.44. The van der Waals surface area contributed by atoms with E-state index in [1.165, 1.54) is 6.21 Å². The molecule has 4 N–H and O–H groups in total. The van der Waals surface area contributed by atoms with Crippen molar-refractivity contribution in [3.63, 3.8) is 0 Å². The number of hydrogen-bond acceptors (Lipinski definition) is 2. The number of fused-ring (bicyclic) bond motifs is 2.